The minimum Gasteiger partial charge on any atom is -0.367 e. The Balaban J connectivity index is 1.39. The summed E-state index contributed by atoms with van der Waals surface area (Å²) in [6, 6.07) is 12.0. The number of nitrogens with zero attached hydrogens (tertiary/aromatic N) is 1. The Kier molecular flexibility index (Phi) is 4.12. The molecule has 1 saturated heterocycles. The first-order valence-electron chi connectivity index (χ1n) is 9.74. The lowest BCUT2D eigenvalue weighted by Gasteiger charge is -2.24. The van der Waals surface area contributed by atoms with Crippen LogP contribution in [0, 0.1) is 11.6 Å². The molecule has 5 rings (SSSR count). The number of anilines is 1. The maximum Gasteiger partial charge on any atom is 0.249 e. The number of nitrogens with one attached hydrogen (secondary N) is 1. The first-order chi connectivity index (χ1) is 13.5. The third-order valence-corrected chi connectivity index (χ3v) is 6.04. The minimum atomic E-state index is -0.576. The highest BCUT2D eigenvalue weighted by molar-refractivity contribution is 5.82. The lowest BCUT2D eigenvalue weighted by atomic mass is 9.80. The van der Waals surface area contributed by atoms with Gasteiger partial charge in [-0.15, -0.1) is 0 Å². The monoisotopic (exact) mass is 384 g/mol. The summed E-state index contributed by atoms with van der Waals surface area (Å²) in [6.45, 7) is 1.47. The number of benzene rings is 2. The van der Waals surface area contributed by atoms with E-state index in [1.807, 2.05) is 18.2 Å². The van der Waals surface area contributed by atoms with Crippen LogP contribution in [0.25, 0.3) is 0 Å². The van der Waals surface area contributed by atoms with Gasteiger partial charge in [0.2, 0.25) is 5.91 Å². The molecule has 2 aliphatic heterocycles. The molecule has 3 aliphatic rings. The molecule has 2 aromatic carbocycles. The van der Waals surface area contributed by atoms with Gasteiger partial charge in [-0.1, -0.05) is 24.3 Å². The highest BCUT2D eigenvalue weighted by Gasteiger charge is 2.50. The third-order valence-electron chi connectivity index (χ3n) is 6.04. The molecule has 1 amide bonds. The fourth-order valence-electron chi connectivity index (χ4n) is 4.45. The molecule has 0 aromatic heterocycles. The molecule has 0 radical (unpaired) electrons. The Morgan fingerprint density at radius 3 is 2.82 bits per heavy atom. The highest BCUT2D eigenvalue weighted by Crippen LogP contribution is 2.47. The first kappa shape index (κ1) is 17.6. The molecular weight excluding hydrogens is 362 g/mol. The predicted molar refractivity (Wildman–Crippen MR) is 101 cm³/mol. The Hall–Kier alpha value is -2.47. The van der Waals surface area contributed by atoms with Crippen LogP contribution in [0.2, 0.25) is 0 Å². The largest absolute Gasteiger partial charge is 0.367 e. The van der Waals surface area contributed by atoms with Crippen LogP contribution in [0.3, 0.4) is 0 Å². The standard InChI is InChI=1S/C22H22F2N2O2/c23-15-6-5-14(18(24)9-15)11-26-12-22(17-3-1-2-4-19(17)26)10-20(28-13-22)21(27)25-16-7-8-16/h1-6,9,16,20H,7-8,10-13H2,(H,25,27)/t20-,22+/m0/s1. The molecule has 2 fully saturated rings. The van der Waals surface area contributed by atoms with Crippen molar-refractivity contribution in [2.24, 2.45) is 0 Å². The molecule has 2 heterocycles. The van der Waals surface area contributed by atoms with Gasteiger partial charge in [-0.2, -0.15) is 0 Å². The molecule has 2 atom stereocenters. The van der Waals surface area contributed by atoms with E-state index >= 15 is 0 Å². The lowest BCUT2D eigenvalue weighted by Crippen LogP contribution is -2.38. The van der Waals surface area contributed by atoms with Gasteiger partial charge < -0.3 is 15.0 Å². The minimum absolute atomic E-state index is 0.0279. The van der Waals surface area contributed by atoms with E-state index in [1.165, 1.54) is 12.1 Å². The van der Waals surface area contributed by atoms with E-state index in [2.05, 4.69) is 16.3 Å². The number of ether oxygens (including phenoxy) is 1. The SMILES string of the molecule is O=C(NC1CC1)[C@@H]1C[C@]2(CO1)CN(Cc1ccc(F)cc1F)c1ccccc12. The number of rotatable bonds is 4. The van der Waals surface area contributed by atoms with Gasteiger partial charge in [0.25, 0.3) is 0 Å². The molecular formula is C22H22F2N2O2. The molecule has 28 heavy (non-hydrogen) atoms. The summed E-state index contributed by atoms with van der Waals surface area (Å²) in [5.41, 5.74) is 2.34. The normalized spacial score (nSPS) is 25.9. The number of hydrogen-bond donors (Lipinski definition) is 1. The Labute approximate surface area is 162 Å². The smallest absolute Gasteiger partial charge is 0.249 e. The van der Waals surface area contributed by atoms with Crippen molar-refractivity contribution in [1.29, 1.82) is 0 Å². The van der Waals surface area contributed by atoms with Gasteiger partial charge in [0, 0.05) is 41.9 Å². The molecule has 4 nitrogen and oxygen atoms in total. The molecule has 0 unspecified atom stereocenters. The lowest BCUT2D eigenvalue weighted by molar-refractivity contribution is -0.130. The van der Waals surface area contributed by atoms with Crippen molar-refractivity contribution in [1.82, 2.24) is 5.32 Å². The fraction of sp³-hybridized carbons (Fsp3) is 0.409. The summed E-state index contributed by atoms with van der Waals surface area (Å²) >= 11 is 0. The van der Waals surface area contributed by atoms with E-state index in [9.17, 15) is 13.6 Å². The summed E-state index contributed by atoms with van der Waals surface area (Å²) in [7, 11) is 0. The molecule has 146 valence electrons. The average Bonchev–Trinajstić information content (AvgIpc) is 3.31. The molecule has 6 heteroatoms. The second-order valence-electron chi connectivity index (χ2n) is 8.18. The van der Waals surface area contributed by atoms with Gasteiger partial charge in [0.1, 0.15) is 17.7 Å². The summed E-state index contributed by atoms with van der Waals surface area (Å²) < 4.78 is 33.4. The van der Waals surface area contributed by atoms with Gasteiger partial charge >= 0.3 is 0 Å². The van der Waals surface area contributed by atoms with Gasteiger partial charge in [-0.05, 0) is 37.0 Å². The Morgan fingerprint density at radius 2 is 2.04 bits per heavy atom. The van der Waals surface area contributed by atoms with Crippen LogP contribution in [0.15, 0.2) is 42.5 Å². The van der Waals surface area contributed by atoms with Crippen LogP contribution in [-0.4, -0.2) is 31.2 Å². The van der Waals surface area contributed by atoms with Crippen molar-refractivity contribution < 1.29 is 18.3 Å². The number of hydrogen-bond acceptors (Lipinski definition) is 3. The molecule has 2 aromatic rings. The summed E-state index contributed by atoms with van der Waals surface area (Å²) in [6.07, 6.45) is 2.26. The summed E-state index contributed by atoms with van der Waals surface area (Å²) in [5, 5.41) is 3.03. The van der Waals surface area contributed by atoms with Crippen molar-refractivity contribution in [3.63, 3.8) is 0 Å². The summed E-state index contributed by atoms with van der Waals surface area (Å²) in [4.78, 5) is 14.6. The quantitative estimate of drug-likeness (QED) is 0.880. The van der Waals surface area contributed by atoms with E-state index in [4.69, 9.17) is 4.74 Å². The van der Waals surface area contributed by atoms with Crippen LogP contribution in [0.4, 0.5) is 14.5 Å². The number of amides is 1. The third kappa shape index (κ3) is 3.05. The van der Waals surface area contributed by atoms with E-state index < -0.39 is 17.7 Å². The maximum atomic E-state index is 14.2. The second-order valence-corrected chi connectivity index (χ2v) is 8.18. The Bertz CT molecular complexity index is 931. The van der Waals surface area contributed by atoms with Gasteiger partial charge in [0.15, 0.2) is 0 Å². The molecule has 1 N–H and O–H groups in total. The van der Waals surface area contributed by atoms with Crippen LogP contribution in [0.1, 0.15) is 30.4 Å². The van der Waals surface area contributed by atoms with Gasteiger partial charge in [0.05, 0.1) is 6.61 Å². The summed E-state index contributed by atoms with van der Waals surface area (Å²) in [5.74, 6) is -1.14. The van der Waals surface area contributed by atoms with Crippen molar-refractivity contribution in [3.05, 3.63) is 65.2 Å². The predicted octanol–water partition coefficient (Wildman–Crippen LogP) is 3.29. The molecule has 1 spiro atoms. The number of para-hydroxylation sites is 1. The van der Waals surface area contributed by atoms with Crippen LogP contribution in [0.5, 0.6) is 0 Å². The van der Waals surface area contributed by atoms with E-state index in [0.29, 0.717) is 37.7 Å². The van der Waals surface area contributed by atoms with Crippen LogP contribution >= 0.6 is 0 Å². The van der Waals surface area contributed by atoms with Crippen molar-refractivity contribution in [2.45, 2.75) is 43.4 Å². The van der Waals surface area contributed by atoms with Gasteiger partial charge in [-0.25, -0.2) is 8.78 Å². The second kappa shape index (κ2) is 6.55. The zero-order chi connectivity index (χ0) is 19.3. The van der Waals surface area contributed by atoms with E-state index in [-0.39, 0.29) is 11.3 Å². The number of halogens is 2. The number of carbonyl (C=O) groups is 1. The van der Waals surface area contributed by atoms with Crippen molar-refractivity contribution in [3.8, 4) is 0 Å². The number of fused-ring (bicyclic) bond motifs is 2. The topological polar surface area (TPSA) is 41.6 Å². The van der Waals surface area contributed by atoms with Crippen LogP contribution in [-0.2, 0) is 21.5 Å². The maximum absolute atomic E-state index is 14.2. The highest BCUT2D eigenvalue weighted by atomic mass is 19.1. The van der Waals surface area contributed by atoms with E-state index in [1.54, 1.807) is 0 Å². The average molecular weight is 384 g/mol. The fourth-order valence-corrected chi connectivity index (χ4v) is 4.45. The zero-order valence-electron chi connectivity index (χ0n) is 15.5. The van der Waals surface area contributed by atoms with Crippen molar-refractivity contribution >= 4 is 11.6 Å². The Morgan fingerprint density at radius 1 is 1.21 bits per heavy atom. The van der Waals surface area contributed by atoms with Gasteiger partial charge in [-0.3, -0.25) is 4.79 Å². The van der Waals surface area contributed by atoms with Crippen molar-refractivity contribution in [2.75, 3.05) is 18.1 Å². The number of carbonyl (C=O) groups excluding carboxylic acids is 1. The molecule has 1 aliphatic carbocycles. The molecule has 1 saturated carbocycles. The molecule has 0 bridgehead atoms. The van der Waals surface area contributed by atoms with E-state index in [0.717, 1.165) is 30.2 Å². The zero-order valence-corrected chi connectivity index (χ0v) is 15.5. The first-order valence-corrected chi connectivity index (χ1v) is 9.74. The van der Waals surface area contributed by atoms with Crippen LogP contribution < -0.4 is 10.2 Å².